The molecule has 7 nitrogen and oxygen atoms in total. The first-order chi connectivity index (χ1) is 12.0. The molecule has 0 saturated carbocycles. The molecule has 1 aromatic heterocycles. The summed E-state index contributed by atoms with van der Waals surface area (Å²) in [5, 5.41) is 9.22. The predicted octanol–water partition coefficient (Wildman–Crippen LogP) is 0.988. The van der Waals surface area contributed by atoms with Crippen molar-refractivity contribution in [1.29, 1.82) is 0 Å². The first kappa shape index (κ1) is 17.7. The van der Waals surface area contributed by atoms with E-state index in [4.69, 9.17) is 4.74 Å². The minimum atomic E-state index is -0.785. The molecule has 2 fully saturated rings. The Bertz CT molecular complexity index is 676. The van der Waals surface area contributed by atoms with Crippen molar-refractivity contribution in [2.75, 3.05) is 33.4 Å². The van der Waals surface area contributed by atoms with E-state index in [9.17, 15) is 14.7 Å². The Labute approximate surface area is 147 Å². The summed E-state index contributed by atoms with van der Waals surface area (Å²) in [6, 6.07) is 1.71. The number of aliphatic hydroxyl groups is 1. The number of carbonyl (C=O) groups is 2. The molecule has 0 radical (unpaired) electrons. The van der Waals surface area contributed by atoms with Crippen LogP contribution in [0, 0.1) is 6.92 Å². The number of aliphatic hydroxyl groups excluding tert-OH is 1. The molecule has 136 valence electrons. The van der Waals surface area contributed by atoms with Gasteiger partial charge in [0.15, 0.2) is 0 Å². The van der Waals surface area contributed by atoms with E-state index in [1.165, 1.54) is 7.11 Å². The van der Waals surface area contributed by atoms with Crippen LogP contribution in [0.1, 0.15) is 41.7 Å². The van der Waals surface area contributed by atoms with Gasteiger partial charge in [0, 0.05) is 25.3 Å². The van der Waals surface area contributed by atoms with E-state index in [-0.39, 0.29) is 18.4 Å². The number of hydrogen-bond donors (Lipinski definition) is 1. The normalized spacial score (nSPS) is 23.4. The van der Waals surface area contributed by atoms with E-state index in [2.05, 4.69) is 4.98 Å². The van der Waals surface area contributed by atoms with Crippen LogP contribution < -0.4 is 4.74 Å². The number of methoxy groups -OCH3 is 1. The van der Waals surface area contributed by atoms with Crippen LogP contribution in [-0.4, -0.2) is 70.6 Å². The molecule has 3 heterocycles. The van der Waals surface area contributed by atoms with Crippen LogP contribution in [0.15, 0.2) is 12.3 Å². The molecule has 7 heteroatoms. The van der Waals surface area contributed by atoms with Crippen molar-refractivity contribution >= 4 is 11.8 Å². The van der Waals surface area contributed by atoms with Gasteiger partial charge in [0.2, 0.25) is 5.91 Å². The van der Waals surface area contributed by atoms with Gasteiger partial charge in [-0.25, -0.2) is 0 Å². The van der Waals surface area contributed by atoms with E-state index >= 15 is 0 Å². The Hall–Kier alpha value is -2.15. The van der Waals surface area contributed by atoms with Gasteiger partial charge in [-0.15, -0.1) is 0 Å². The average Bonchev–Trinajstić information content (AvgIpc) is 3.03. The van der Waals surface area contributed by atoms with Crippen molar-refractivity contribution in [3.05, 3.63) is 23.5 Å². The maximum Gasteiger partial charge on any atom is 0.258 e. The Morgan fingerprint density at radius 3 is 2.76 bits per heavy atom. The number of nitrogens with zero attached hydrogens (tertiary/aromatic N) is 3. The van der Waals surface area contributed by atoms with Crippen LogP contribution in [0.2, 0.25) is 0 Å². The second-order valence-electron chi connectivity index (χ2n) is 6.74. The molecule has 3 rings (SSSR count). The fraction of sp³-hybridized carbons (Fsp3) is 0.611. The molecule has 2 amide bonds. The fourth-order valence-electron chi connectivity index (χ4n) is 4.08. The second-order valence-corrected chi connectivity index (χ2v) is 6.74. The SMILES string of the molecule is COc1cnc(C)cc1C(=O)N1CCCC12CCCN(CCO)C2=O. The van der Waals surface area contributed by atoms with Crippen molar-refractivity contribution in [2.45, 2.75) is 38.1 Å². The van der Waals surface area contributed by atoms with Gasteiger partial charge in [0.1, 0.15) is 11.3 Å². The number of β-amino-alcohol motifs (C(OH)–C–C–N with tert-alkyl or cyclic N) is 1. The molecule has 2 aliphatic rings. The fourth-order valence-corrected chi connectivity index (χ4v) is 4.08. The van der Waals surface area contributed by atoms with Gasteiger partial charge in [-0.3, -0.25) is 14.6 Å². The Morgan fingerprint density at radius 1 is 1.36 bits per heavy atom. The molecule has 0 aromatic carbocycles. The Kier molecular flexibility index (Phi) is 4.94. The highest BCUT2D eigenvalue weighted by atomic mass is 16.5. The quantitative estimate of drug-likeness (QED) is 0.878. The minimum absolute atomic E-state index is 0.0385. The van der Waals surface area contributed by atoms with Crippen LogP contribution >= 0.6 is 0 Å². The summed E-state index contributed by atoms with van der Waals surface area (Å²) in [6.07, 6.45) is 4.53. The Balaban J connectivity index is 1.95. The molecule has 1 N–H and O–H groups in total. The maximum absolute atomic E-state index is 13.3. The number of amides is 2. The number of ether oxygens (including phenoxy) is 1. The van der Waals surface area contributed by atoms with Gasteiger partial charge in [0.25, 0.3) is 5.91 Å². The van der Waals surface area contributed by atoms with Gasteiger partial charge in [0.05, 0.1) is 25.5 Å². The van der Waals surface area contributed by atoms with Crippen LogP contribution in [0.3, 0.4) is 0 Å². The van der Waals surface area contributed by atoms with Crippen LogP contribution in [0.25, 0.3) is 0 Å². The number of aromatic nitrogens is 1. The number of aryl methyl sites for hydroxylation is 1. The molecule has 1 aromatic rings. The predicted molar refractivity (Wildman–Crippen MR) is 91.4 cm³/mol. The third kappa shape index (κ3) is 2.97. The zero-order chi connectivity index (χ0) is 18.0. The van der Waals surface area contributed by atoms with Gasteiger partial charge in [-0.05, 0) is 38.7 Å². The van der Waals surface area contributed by atoms with Crippen molar-refractivity contribution in [3.8, 4) is 5.75 Å². The number of rotatable bonds is 4. The van der Waals surface area contributed by atoms with Gasteiger partial charge >= 0.3 is 0 Å². The van der Waals surface area contributed by atoms with Crippen molar-refractivity contribution in [2.24, 2.45) is 0 Å². The number of carbonyl (C=O) groups excluding carboxylic acids is 2. The van der Waals surface area contributed by atoms with Crippen LogP contribution in [0.5, 0.6) is 5.75 Å². The lowest BCUT2D eigenvalue weighted by Crippen LogP contribution is -2.61. The largest absolute Gasteiger partial charge is 0.494 e. The van der Waals surface area contributed by atoms with E-state index in [0.717, 1.165) is 18.5 Å². The second kappa shape index (κ2) is 7.00. The summed E-state index contributed by atoms with van der Waals surface area (Å²) in [5.41, 5.74) is 0.393. The zero-order valence-corrected chi connectivity index (χ0v) is 14.8. The van der Waals surface area contributed by atoms with E-state index in [1.54, 1.807) is 22.1 Å². The van der Waals surface area contributed by atoms with Gasteiger partial charge in [-0.1, -0.05) is 0 Å². The third-order valence-electron chi connectivity index (χ3n) is 5.26. The summed E-state index contributed by atoms with van der Waals surface area (Å²) >= 11 is 0. The average molecular weight is 347 g/mol. The summed E-state index contributed by atoms with van der Waals surface area (Å²) in [6.45, 7) is 3.28. The van der Waals surface area contributed by atoms with Crippen molar-refractivity contribution < 1.29 is 19.4 Å². The molecule has 1 unspecified atom stereocenters. The van der Waals surface area contributed by atoms with Crippen LogP contribution in [-0.2, 0) is 4.79 Å². The number of likely N-dealkylation sites (tertiary alicyclic amines) is 2. The first-order valence-electron chi connectivity index (χ1n) is 8.76. The molecular formula is C18H25N3O4. The lowest BCUT2D eigenvalue weighted by Gasteiger charge is -2.44. The molecule has 25 heavy (non-hydrogen) atoms. The standard InChI is InChI=1S/C18H25N3O4/c1-13-11-14(15(25-2)12-19-13)16(23)21-8-4-6-18(21)5-3-7-20(9-10-22)17(18)24/h11-12,22H,3-10H2,1-2H3. The smallest absolute Gasteiger partial charge is 0.258 e. The third-order valence-corrected chi connectivity index (χ3v) is 5.26. The summed E-state index contributed by atoms with van der Waals surface area (Å²) in [5.74, 6) is 0.204. The first-order valence-corrected chi connectivity index (χ1v) is 8.76. The molecule has 1 spiro atoms. The highest BCUT2D eigenvalue weighted by Gasteiger charge is 2.52. The van der Waals surface area contributed by atoms with Crippen LogP contribution in [0.4, 0.5) is 0 Å². The number of pyridine rings is 1. The zero-order valence-electron chi connectivity index (χ0n) is 14.8. The maximum atomic E-state index is 13.3. The summed E-state index contributed by atoms with van der Waals surface area (Å²) in [7, 11) is 1.51. The van der Waals surface area contributed by atoms with Gasteiger partial charge < -0.3 is 19.6 Å². The minimum Gasteiger partial charge on any atom is -0.494 e. The molecular weight excluding hydrogens is 322 g/mol. The molecule has 1 atom stereocenters. The number of piperidine rings is 1. The molecule has 0 bridgehead atoms. The molecule has 0 aliphatic carbocycles. The van der Waals surface area contributed by atoms with Gasteiger partial charge in [-0.2, -0.15) is 0 Å². The highest BCUT2D eigenvalue weighted by Crippen LogP contribution is 2.39. The lowest BCUT2D eigenvalue weighted by molar-refractivity contribution is -0.146. The van der Waals surface area contributed by atoms with Crippen molar-refractivity contribution in [3.63, 3.8) is 0 Å². The topological polar surface area (TPSA) is 83.0 Å². The highest BCUT2D eigenvalue weighted by molar-refractivity contribution is 6.01. The monoisotopic (exact) mass is 347 g/mol. The van der Waals surface area contributed by atoms with Crippen molar-refractivity contribution in [1.82, 2.24) is 14.8 Å². The summed E-state index contributed by atoms with van der Waals surface area (Å²) < 4.78 is 5.30. The van der Waals surface area contributed by atoms with E-state index in [1.807, 2.05) is 6.92 Å². The molecule has 2 aliphatic heterocycles. The Morgan fingerprint density at radius 2 is 2.08 bits per heavy atom. The van der Waals surface area contributed by atoms with E-state index in [0.29, 0.717) is 43.8 Å². The lowest BCUT2D eigenvalue weighted by atomic mass is 9.85. The number of hydrogen-bond acceptors (Lipinski definition) is 5. The van der Waals surface area contributed by atoms with E-state index < -0.39 is 5.54 Å². The molecule has 2 saturated heterocycles. The summed E-state index contributed by atoms with van der Waals surface area (Å²) in [4.78, 5) is 33.9.